The van der Waals surface area contributed by atoms with Crippen molar-refractivity contribution in [2.24, 2.45) is 5.92 Å². The Morgan fingerprint density at radius 2 is 1.97 bits per heavy atom. The number of hydrogen-bond donors (Lipinski definition) is 1. The summed E-state index contributed by atoms with van der Waals surface area (Å²) in [5.74, 6) is 2.14. The SMILES string of the molecule is COc1cc(C=CC(=O)NC2CCC(C)CC2)ccc1OCCN1CCOCC1. The van der Waals surface area contributed by atoms with Crippen molar-refractivity contribution in [2.45, 2.75) is 38.6 Å². The minimum absolute atomic E-state index is 0.0330. The minimum Gasteiger partial charge on any atom is -0.493 e. The maximum atomic E-state index is 12.2. The van der Waals surface area contributed by atoms with Crippen LogP contribution in [-0.4, -0.2) is 63.4 Å². The van der Waals surface area contributed by atoms with Crippen molar-refractivity contribution in [2.75, 3.05) is 46.6 Å². The van der Waals surface area contributed by atoms with Gasteiger partial charge in [-0.05, 0) is 55.4 Å². The van der Waals surface area contributed by atoms with Crippen LogP contribution in [0.5, 0.6) is 11.5 Å². The fourth-order valence-electron chi connectivity index (χ4n) is 3.84. The van der Waals surface area contributed by atoms with E-state index in [9.17, 15) is 4.79 Å². The van der Waals surface area contributed by atoms with Gasteiger partial charge in [0.1, 0.15) is 6.61 Å². The molecule has 29 heavy (non-hydrogen) atoms. The van der Waals surface area contributed by atoms with Crippen molar-refractivity contribution in [3.8, 4) is 11.5 Å². The maximum Gasteiger partial charge on any atom is 0.244 e. The third kappa shape index (κ3) is 7.05. The highest BCUT2D eigenvalue weighted by molar-refractivity contribution is 5.92. The predicted octanol–water partition coefficient (Wildman–Crippen LogP) is 3.11. The molecule has 1 N–H and O–H groups in total. The van der Waals surface area contributed by atoms with Gasteiger partial charge in [-0.15, -0.1) is 0 Å². The zero-order valence-corrected chi connectivity index (χ0v) is 17.7. The molecule has 0 radical (unpaired) electrons. The second-order valence-electron chi connectivity index (χ2n) is 8.01. The van der Waals surface area contributed by atoms with Gasteiger partial charge in [-0.3, -0.25) is 9.69 Å². The van der Waals surface area contributed by atoms with E-state index in [4.69, 9.17) is 14.2 Å². The van der Waals surface area contributed by atoms with Gasteiger partial charge in [0.05, 0.1) is 20.3 Å². The van der Waals surface area contributed by atoms with Crippen molar-refractivity contribution in [1.29, 1.82) is 0 Å². The highest BCUT2D eigenvalue weighted by Gasteiger charge is 2.18. The van der Waals surface area contributed by atoms with E-state index in [1.807, 2.05) is 24.3 Å². The highest BCUT2D eigenvalue weighted by Crippen LogP contribution is 2.28. The summed E-state index contributed by atoms with van der Waals surface area (Å²) in [4.78, 5) is 14.5. The molecule has 0 spiro atoms. The number of benzene rings is 1. The zero-order valence-electron chi connectivity index (χ0n) is 17.7. The van der Waals surface area contributed by atoms with Crippen LogP contribution in [0.2, 0.25) is 0 Å². The summed E-state index contributed by atoms with van der Waals surface area (Å²) in [7, 11) is 1.63. The number of methoxy groups -OCH3 is 1. The summed E-state index contributed by atoms with van der Waals surface area (Å²) in [6.07, 6.45) is 7.96. The molecule has 1 aliphatic carbocycles. The molecule has 160 valence electrons. The molecule has 1 heterocycles. The average molecular weight is 403 g/mol. The van der Waals surface area contributed by atoms with Crippen molar-refractivity contribution >= 4 is 12.0 Å². The summed E-state index contributed by atoms with van der Waals surface area (Å²) in [5.41, 5.74) is 0.912. The second kappa shape index (κ2) is 11.2. The number of carbonyl (C=O) groups excluding carboxylic acids is 1. The molecule has 1 saturated heterocycles. The van der Waals surface area contributed by atoms with Crippen molar-refractivity contribution in [3.05, 3.63) is 29.8 Å². The summed E-state index contributed by atoms with van der Waals surface area (Å²) in [6.45, 7) is 7.23. The Morgan fingerprint density at radius 1 is 1.21 bits per heavy atom. The van der Waals surface area contributed by atoms with Gasteiger partial charge in [-0.2, -0.15) is 0 Å². The Kier molecular flexibility index (Phi) is 8.38. The smallest absolute Gasteiger partial charge is 0.244 e. The molecule has 2 fully saturated rings. The van der Waals surface area contributed by atoms with E-state index in [2.05, 4.69) is 17.1 Å². The molecule has 1 amide bonds. The van der Waals surface area contributed by atoms with Crippen LogP contribution in [0.25, 0.3) is 6.08 Å². The lowest BCUT2D eigenvalue weighted by Gasteiger charge is -2.26. The van der Waals surface area contributed by atoms with Crippen LogP contribution in [0.3, 0.4) is 0 Å². The number of hydrogen-bond acceptors (Lipinski definition) is 5. The van der Waals surface area contributed by atoms with E-state index in [-0.39, 0.29) is 5.91 Å². The fraction of sp³-hybridized carbons (Fsp3) is 0.609. The lowest BCUT2D eigenvalue weighted by molar-refractivity contribution is -0.117. The molecule has 0 atom stereocenters. The molecule has 1 saturated carbocycles. The molecule has 0 aromatic heterocycles. The second-order valence-corrected chi connectivity index (χ2v) is 8.01. The van der Waals surface area contributed by atoms with E-state index in [0.29, 0.717) is 18.4 Å². The Balaban J connectivity index is 1.48. The first kappa shape index (κ1) is 21.7. The van der Waals surface area contributed by atoms with Crippen LogP contribution in [0.4, 0.5) is 0 Å². The number of morpholine rings is 1. The molecular formula is C23H34N2O4. The van der Waals surface area contributed by atoms with Gasteiger partial charge < -0.3 is 19.5 Å². The Hall–Kier alpha value is -2.05. The molecule has 1 aromatic carbocycles. The van der Waals surface area contributed by atoms with Crippen molar-refractivity contribution in [1.82, 2.24) is 10.2 Å². The molecule has 2 aliphatic rings. The monoisotopic (exact) mass is 402 g/mol. The van der Waals surface area contributed by atoms with Crippen molar-refractivity contribution < 1.29 is 19.0 Å². The van der Waals surface area contributed by atoms with E-state index < -0.39 is 0 Å². The van der Waals surface area contributed by atoms with Crippen LogP contribution in [0.15, 0.2) is 24.3 Å². The Bertz CT molecular complexity index is 677. The number of amides is 1. The normalized spacial score (nSPS) is 23.1. The van der Waals surface area contributed by atoms with Gasteiger partial charge in [-0.1, -0.05) is 13.0 Å². The first-order valence-corrected chi connectivity index (χ1v) is 10.7. The third-order valence-electron chi connectivity index (χ3n) is 5.75. The highest BCUT2D eigenvalue weighted by atomic mass is 16.5. The van der Waals surface area contributed by atoms with E-state index in [1.165, 1.54) is 12.8 Å². The number of nitrogens with one attached hydrogen (secondary N) is 1. The topological polar surface area (TPSA) is 60.0 Å². The van der Waals surface area contributed by atoms with Gasteiger partial charge >= 0.3 is 0 Å². The molecule has 1 aromatic rings. The molecule has 6 nitrogen and oxygen atoms in total. The largest absolute Gasteiger partial charge is 0.493 e. The van der Waals surface area contributed by atoms with Gasteiger partial charge in [0.25, 0.3) is 0 Å². The standard InChI is InChI=1S/C23H34N2O4/c1-18-3-7-20(8-4-18)24-23(26)10-6-19-5-9-21(22(17-19)27-2)29-16-13-25-11-14-28-15-12-25/h5-6,9-10,17-18,20H,3-4,7-8,11-16H2,1-2H3,(H,24,26). The van der Waals surface area contributed by atoms with Crippen LogP contribution in [-0.2, 0) is 9.53 Å². The predicted molar refractivity (Wildman–Crippen MR) is 114 cm³/mol. The fourth-order valence-corrected chi connectivity index (χ4v) is 3.84. The maximum absolute atomic E-state index is 12.2. The lowest BCUT2D eigenvalue weighted by atomic mass is 9.87. The lowest BCUT2D eigenvalue weighted by Crippen LogP contribution is -2.38. The number of nitrogens with zero attached hydrogens (tertiary/aromatic N) is 1. The molecule has 0 unspecified atom stereocenters. The Morgan fingerprint density at radius 3 is 2.69 bits per heavy atom. The first-order valence-electron chi connectivity index (χ1n) is 10.7. The Labute approximate surface area is 174 Å². The van der Waals surface area contributed by atoms with Gasteiger partial charge in [0, 0.05) is 31.8 Å². The average Bonchev–Trinajstić information content (AvgIpc) is 2.75. The molecule has 6 heteroatoms. The summed E-state index contributed by atoms with van der Waals surface area (Å²) in [6, 6.07) is 6.05. The van der Waals surface area contributed by atoms with Gasteiger partial charge in [0.15, 0.2) is 11.5 Å². The minimum atomic E-state index is -0.0330. The summed E-state index contributed by atoms with van der Waals surface area (Å²) in [5, 5.41) is 3.11. The van der Waals surface area contributed by atoms with E-state index in [0.717, 1.165) is 62.9 Å². The number of carbonyl (C=O) groups is 1. The summed E-state index contributed by atoms with van der Waals surface area (Å²) >= 11 is 0. The first-order chi connectivity index (χ1) is 14.1. The van der Waals surface area contributed by atoms with Crippen LogP contribution in [0.1, 0.15) is 38.2 Å². The van der Waals surface area contributed by atoms with Crippen LogP contribution < -0.4 is 14.8 Å². The van der Waals surface area contributed by atoms with Crippen molar-refractivity contribution in [3.63, 3.8) is 0 Å². The van der Waals surface area contributed by atoms with Gasteiger partial charge in [-0.25, -0.2) is 0 Å². The molecule has 1 aliphatic heterocycles. The third-order valence-corrected chi connectivity index (χ3v) is 5.75. The number of ether oxygens (including phenoxy) is 3. The summed E-state index contributed by atoms with van der Waals surface area (Å²) < 4.78 is 16.7. The zero-order chi connectivity index (χ0) is 20.5. The molecule has 0 bridgehead atoms. The quantitative estimate of drug-likeness (QED) is 0.677. The van der Waals surface area contributed by atoms with Gasteiger partial charge in [0.2, 0.25) is 5.91 Å². The van der Waals surface area contributed by atoms with E-state index >= 15 is 0 Å². The van der Waals surface area contributed by atoms with Crippen LogP contribution in [0, 0.1) is 5.92 Å². The van der Waals surface area contributed by atoms with E-state index in [1.54, 1.807) is 13.2 Å². The number of rotatable bonds is 8. The molecule has 3 rings (SSSR count). The van der Waals surface area contributed by atoms with Crippen LogP contribution >= 0.6 is 0 Å². The molecular weight excluding hydrogens is 368 g/mol.